The largest absolute Gasteiger partial charge is 0.383 e. The van der Waals surface area contributed by atoms with Gasteiger partial charge in [-0.3, -0.25) is 0 Å². The average molecular weight is 186 g/mol. The number of hydrogen-bond donors (Lipinski definition) is 1. The second-order valence-corrected chi connectivity index (χ2v) is 3.15. The summed E-state index contributed by atoms with van der Waals surface area (Å²) in [6.45, 7) is 3.64. The summed E-state index contributed by atoms with van der Waals surface area (Å²) in [5, 5.41) is 0. The molecule has 72 valence electrons. The molecule has 0 radical (unpaired) electrons. The van der Waals surface area contributed by atoms with Crippen LogP contribution in [0.2, 0.25) is 0 Å². The summed E-state index contributed by atoms with van der Waals surface area (Å²) in [7, 11) is 0. The highest BCUT2D eigenvalue weighted by Gasteiger charge is 2.17. The van der Waals surface area contributed by atoms with Crippen molar-refractivity contribution in [2.24, 2.45) is 0 Å². The monoisotopic (exact) mass is 186 g/mol. The summed E-state index contributed by atoms with van der Waals surface area (Å²) >= 11 is 0. The Bertz CT molecular complexity index is 298. The van der Waals surface area contributed by atoms with Crippen LogP contribution in [0.3, 0.4) is 0 Å². The standard InChI is InChI=1S/C9H12F2N2/c1-5(2)7-6(8(10)11)3-4-13-9(7)12/h3-5,8H,1-2H3,(H2,12,13). The number of nitrogen functional groups attached to an aromatic ring is 1. The summed E-state index contributed by atoms with van der Waals surface area (Å²) in [4.78, 5) is 3.79. The molecule has 4 heteroatoms. The summed E-state index contributed by atoms with van der Waals surface area (Å²) < 4.78 is 25.0. The van der Waals surface area contributed by atoms with Crippen LogP contribution in [-0.4, -0.2) is 4.98 Å². The lowest BCUT2D eigenvalue weighted by Crippen LogP contribution is -2.04. The number of alkyl halides is 2. The summed E-state index contributed by atoms with van der Waals surface area (Å²) in [6.07, 6.45) is -1.18. The minimum atomic E-state index is -2.48. The van der Waals surface area contributed by atoms with Gasteiger partial charge in [-0.25, -0.2) is 13.8 Å². The third-order valence-corrected chi connectivity index (χ3v) is 1.87. The van der Waals surface area contributed by atoms with Crippen molar-refractivity contribution in [1.82, 2.24) is 4.98 Å². The Labute approximate surface area is 75.8 Å². The maximum Gasteiger partial charge on any atom is 0.264 e. The van der Waals surface area contributed by atoms with Crippen molar-refractivity contribution >= 4 is 5.82 Å². The second kappa shape index (κ2) is 3.68. The molecule has 0 atom stereocenters. The van der Waals surface area contributed by atoms with Gasteiger partial charge >= 0.3 is 0 Å². The fourth-order valence-electron chi connectivity index (χ4n) is 1.32. The molecule has 0 aliphatic rings. The van der Waals surface area contributed by atoms with E-state index in [-0.39, 0.29) is 17.3 Å². The molecule has 0 fully saturated rings. The molecule has 0 saturated carbocycles. The normalized spacial score (nSPS) is 11.2. The van der Waals surface area contributed by atoms with E-state index in [2.05, 4.69) is 4.98 Å². The number of rotatable bonds is 2. The van der Waals surface area contributed by atoms with Crippen LogP contribution in [0.4, 0.5) is 14.6 Å². The first-order chi connectivity index (χ1) is 6.04. The number of nitrogens with two attached hydrogens (primary N) is 1. The molecule has 13 heavy (non-hydrogen) atoms. The molecule has 0 amide bonds. The molecule has 0 unspecified atom stereocenters. The van der Waals surface area contributed by atoms with Gasteiger partial charge in [0.2, 0.25) is 0 Å². The fraction of sp³-hybridized carbons (Fsp3) is 0.444. The molecule has 1 heterocycles. The van der Waals surface area contributed by atoms with Crippen LogP contribution in [-0.2, 0) is 0 Å². The summed E-state index contributed by atoms with van der Waals surface area (Å²) in [5.74, 6) is 0.172. The number of pyridine rings is 1. The lowest BCUT2D eigenvalue weighted by molar-refractivity contribution is 0.150. The number of halogens is 2. The van der Waals surface area contributed by atoms with Crippen molar-refractivity contribution in [3.05, 3.63) is 23.4 Å². The van der Waals surface area contributed by atoms with E-state index in [0.29, 0.717) is 5.56 Å². The number of anilines is 1. The Kier molecular flexibility index (Phi) is 2.80. The Morgan fingerprint density at radius 1 is 1.38 bits per heavy atom. The van der Waals surface area contributed by atoms with Gasteiger partial charge in [0.15, 0.2) is 0 Å². The Morgan fingerprint density at radius 3 is 2.38 bits per heavy atom. The van der Waals surface area contributed by atoms with Gasteiger partial charge in [0.25, 0.3) is 6.43 Å². The molecule has 0 aliphatic carbocycles. The zero-order valence-electron chi connectivity index (χ0n) is 7.59. The molecule has 2 N–H and O–H groups in total. The van der Waals surface area contributed by atoms with Crippen LogP contribution < -0.4 is 5.73 Å². The maximum atomic E-state index is 12.5. The maximum absolute atomic E-state index is 12.5. The van der Waals surface area contributed by atoms with Gasteiger partial charge in [0, 0.05) is 17.3 Å². The minimum absolute atomic E-state index is 0.0116. The van der Waals surface area contributed by atoms with Crippen LogP contribution in [0.15, 0.2) is 12.3 Å². The summed E-state index contributed by atoms with van der Waals surface area (Å²) in [5.41, 5.74) is 5.96. The van der Waals surface area contributed by atoms with Gasteiger partial charge in [-0.05, 0) is 12.0 Å². The number of nitrogens with zero attached hydrogens (tertiary/aromatic N) is 1. The third kappa shape index (κ3) is 1.94. The highest BCUT2D eigenvalue weighted by Crippen LogP contribution is 2.30. The van der Waals surface area contributed by atoms with Crippen LogP contribution in [0.1, 0.15) is 37.3 Å². The Morgan fingerprint density at radius 2 is 2.00 bits per heavy atom. The molecule has 1 rings (SSSR count). The Hall–Kier alpha value is -1.19. The molecule has 2 nitrogen and oxygen atoms in total. The SMILES string of the molecule is CC(C)c1c(C(F)F)ccnc1N. The van der Waals surface area contributed by atoms with Crippen molar-refractivity contribution in [2.75, 3.05) is 5.73 Å². The van der Waals surface area contributed by atoms with Crippen LogP contribution in [0, 0.1) is 0 Å². The smallest absolute Gasteiger partial charge is 0.264 e. The number of aromatic nitrogens is 1. The third-order valence-electron chi connectivity index (χ3n) is 1.87. The average Bonchev–Trinajstić information content (AvgIpc) is 2.02. The Balaban J connectivity index is 3.26. The first kappa shape index (κ1) is 9.89. The van der Waals surface area contributed by atoms with Gasteiger partial charge in [0.05, 0.1) is 0 Å². The van der Waals surface area contributed by atoms with Crippen molar-refractivity contribution in [2.45, 2.75) is 26.2 Å². The molecule has 0 bridgehead atoms. The van der Waals surface area contributed by atoms with Crippen molar-refractivity contribution in [3.8, 4) is 0 Å². The van der Waals surface area contributed by atoms with Crippen LogP contribution >= 0.6 is 0 Å². The molecule has 1 aromatic heterocycles. The minimum Gasteiger partial charge on any atom is -0.383 e. The van der Waals surface area contributed by atoms with E-state index >= 15 is 0 Å². The van der Waals surface area contributed by atoms with E-state index in [1.54, 1.807) is 0 Å². The molecule has 0 spiro atoms. The van der Waals surface area contributed by atoms with E-state index < -0.39 is 6.43 Å². The van der Waals surface area contributed by atoms with Crippen LogP contribution in [0.5, 0.6) is 0 Å². The molecular formula is C9H12F2N2. The zero-order valence-corrected chi connectivity index (χ0v) is 7.59. The molecule has 0 aromatic carbocycles. The van der Waals surface area contributed by atoms with E-state index in [1.165, 1.54) is 12.3 Å². The van der Waals surface area contributed by atoms with Gasteiger partial charge < -0.3 is 5.73 Å². The zero-order chi connectivity index (χ0) is 10.0. The summed E-state index contributed by atoms with van der Waals surface area (Å²) in [6, 6.07) is 1.32. The van der Waals surface area contributed by atoms with E-state index in [4.69, 9.17) is 5.73 Å². The van der Waals surface area contributed by atoms with Gasteiger partial charge in [-0.15, -0.1) is 0 Å². The van der Waals surface area contributed by atoms with Crippen molar-refractivity contribution in [1.29, 1.82) is 0 Å². The molecule has 0 saturated heterocycles. The highest BCUT2D eigenvalue weighted by atomic mass is 19.3. The fourth-order valence-corrected chi connectivity index (χ4v) is 1.32. The molecular weight excluding hydrogens is 174 g/mol. The van der Waals surface area contributed by atoms with E-state index in [0.717, 1.165) is 0 Å². The number of hydrogen-bond acceptors (Lipinski definition) is 2. The quantitative estimate of drug-likeness (QED) is 0.771. The van der Waals surface area contributed by atoms with Gasteiger partial charge in [-0.1, -0.05) is 13.8 Å². The topological polar surface area (TPSA) is 38.9 Å². The lowest BCUT2D eigenvalue weighted by atomic mass is 9.98. The first-order valence-electron chi connectivity index (χ1n) is 4.06. The lowest BCUT2D eigenvalue weighted by Gasteiger charge is -2.13. The van der Waals surface area contributed by atoms with Gasteiger partial charge in [0.1, 0.15) is 5.82 Å². The molecule has 1 aromatic rings. The predicted molar refractivity (Wildman–Crippen MR) is 47.7 cm³/mol. The second-order valence-electron chi connectivity index (χ2n) is 3.15. The highest BCUT2D eigenvalue weighted by molar-refractivity contribution is 5.46. The first-order valence-corrected chi connectivity index (χ1v) is 4.06. The van der Waals surface area contributed by atoms with E-state index in [9.17, 15) is 8.78 Å². The van der Waals surface area contributed by atoms with Crippen molar-refractivity contribution < 1.29 is 8.78 Å². The van der Waals surface area contributed by atoms with Gasteiger partial charge in [-0.2, -0.15) is 0 Å². The predicted octanol–water partition coefficient (Wildman–Crippen LogP) is 2.72. The van der Waals surface area contributed by atoms with Crippen LogP contribution in [0.25, 0.3) is 0 Å². The van der Waals surface area contributed by atoms with Crippen molar-refractivity contribution in [3.63, 3.8) is 0 Å². The molecule has 0 aliphatic heterocycles. The van der Waals surface area contributed by atoms with E-state index in [1.807, 2.05) is 13.8 Å².